The summed E-state index contributed by atoms with van der Waals surface area (Å²) in [6.45, 7) is 4.35. The summed E-state index contributed by atoms with van der Waals surface area (Å²) in [4.78, 5) is 55.0. The Bertz CT molecular complexity index is 1190. The molecule has 0 bridgehead atoms. The zero-order valence-corrected chi connectivity index (χ0v) is 22.2. The first-order valence-corrected chi connectivity index (χ1v) is 13.9. The van der Waals surface area contributed by atoms with Crippen molar-refractivity contribution < 1.29 is 19.2 Å². The van der Waals surface area contributed by atoms with E-state index in [1.165, 1.54) is 6.92 Å². The second-order valence-corrected chi connectivity index (χ2v) is 11.3. The minimum Gasteiger partial charge on any atom is -0.349 e. The molecule has 1 saturated carbocycles. The number of rotatable bonds is 5. The molecule has 1 N–H and O–H groups in total. The highest BCUT2D eigenvalue weighted by molar-refractivity contribution is 5.98. The Morgan fingerprint density at radius 3 is 2.03 bits per heavy atom. The Kier molecular flexibility index (Phi) is 7.63. The normalized spacial score (nSPS) is 22.8. The molecule has 0 aromatic heterocycles. The average molecular weight is 516 g/mol. The van der Waals surface area contributed by atoms with Crippen molar-refractivity contribution in [2.45, 2.75) is 57.9 Å². The number of nitrogens with zero attached hydrogens (tertiary/aromatic N) is 2. The largest absolute Gasteiger partial charge is 0.349 e. The lowest BCUT2D eigenvalue weighted by molar-refractivity contribution is -0.136. The fraction of sp³-hybridized carbons (Fsp3) is 0.484. The lowest BCUT2D eigenvalue weighted by Gasteiger charge is -2.40. The highest BCUT2D eigenvalue weighted by Gasteiger charge is 2.45. The summed E-state index contributed by atoms with van der Waals surface area (Å²) in [7, 11) is 0. The molecule has 2 atom stereocenters. The fourth-order valence-electron chi connectivity index (χ4n) is 6.42. The molecule has 0 radical (unpaired) electrons. The van der Waals surface area contributed by atoms with Gasteiger partial charge >= 0.3 is 0 Å². The van der Waals surface area contributed by atoms with Crippen molar-refractivity contribution in [3.05, 3.63) is 71.3 Å². The van der Waals surface area contributed by atoms with E-state index in [-0.39, 0.29) is 40.9 Å². The Hall–Kier alpha value is -3.48. The maximum atomic E-state index is 13.7. The van der Waals surface area contributed by atoms with Gasteiger partial charge in [0.15, 0.2) is 5.78 Å². The van der Waals surface area contributed by atoms with Crippen LogP contribution in [0.15, 0.2) is 54.6 Å². The van der Waals surface area contributed by atoms with Crippen LogP contribution in [0.2, 0.25) is 0 Å². The first-order chi connectivity index (χ1) is 18.3. The zero-order valence-electron chi connectivity index (χ0n) is 22.2. The van der Waals surface area contributed by atoms with E-state index in [9.17, 15) is 19.2 Å². The highest BCUT2D eigenvalue weighted by Crippen LogP contribution is 2.42. The Morgan fingerprint density at radius 2 is 1.37 bits per heavy atom. The van der Waals surface area contributed by atoms with Crippen molar-refractivity contribution in [3.8, 4) is 0 Å². The maximum Gasteiger partial charge on any atom is 0.253 e. The SMILES string of the molecule is CC(=O)c1ccc(C(=O)N2CCC3(CC2)CCN(C(=O)C2CCCCC2NC(=O)c2ccccc2)C3)cc1. The number of Topliss-reactive ketones (excluding diaryl/α,β-unsaturated/α-hetero) is 1. The summed E-state index contributed by atoms with van der Waals surface area (Å²) < 4.78 is 0. The van der Waals surface area contributed by atoms with Crippen LogP contribution in [0, 0.1) is 11.3 Å². The minimum atomic E-state index is -0.175. The van der Waals surface area contributed by atoms with Crippen LogP contribution in [0.25, 0.3) is 0 Å². The number of benzene rings is 2. The molecular formula is C31H37N3O4. The van der Waals surface area contributed by atoms with Gasteiger partial charge in [-0.05, 0) is 68.7 Å². The Balaban J connectivity index is 1.17. The number of piperidine rings is 1. The number of ketones is 1. The van der Waals surface area contributed by atoms with E-state index < -0.39 is 0 Å². The van der Waals surface area contributed by atoms with E-state index in [4.69, 9.17) is 0 Å². The third-order valence-corrected chi connectivity index (χ3v) is 8.84. The molecule has 3 fully saturated rings. The van der Waals surface area contributed by atoms with Gasteiger partial charge in [0.25, 0.3) is 11.8 Å². The molecule has 2 saturated heterocycles. The predicted molar refractivity (Wildman–Crippen MR) is 145 cm³/mol. The van der Waals surface area contributed by atoms with Gasteiger partial charge in [-0.15, -0.1) is 0 Å². The van der Waals surface area contributed by atoms with Crippen LogP contribution in [0.1, 0.15) is 82.9 Å². The average Bonchev–Trinajstić information content (AvgIpc) is 3.37. The van der Waals surface area contributed by atoms with Crippen LogP contribution in [0.3, 0.4) is 0 Å². The van der Waals surface area contributed by atoms with Crippen molar-refractivity contribution in [2.24, 2.45) is 11.3 Å². The van der Waals surface area contributed by atoms with Gasteiger partial charge in [0, 0.05) is 48.9 Å². The van der Waals surface area contributed by atoms with E-state index in [0.29, 0.717) is 29.8 Å². The van der Waals surface area contributed by atoms with Crippen molar-refractivity contribution in [1.29, 1.82) is 0 Å². The van der Waals surface area contributed by atoms with Gasteiger partial charge in [-0.1, -0.05) is 43.2 Å². The number of hydrogen-bond donors (Lipinski definition) is 1. The van der Waals surface area contributed by atoms with Gasteiger partial charge in [-0.3, -0.25) is 19.2 Å². The molecule has 2 aromatic rings. The standard InChI is InChI=1S/C31H37N3O4/c1-22(35)23-11-13-25(14-12-23)29(37)33-18-15-31(16-19-33)17-20-34(21-31)30(38)26-9-5-6-10-27(26)32-28(36)24-7-3-2-4-8-24/h2-4,7-8,11-14,26-27H,5-6,9-10,15-21H2,1H3,(H,32,36). The third-order valence-electron chi connectivity index (χ3n) is 8.84. The molecular weight excluding hydrogens is 478 g/mol. The van der Waals surface area contributed by atoms with Crippen molar-refractivity contribution >= 4 is 23.5 Å². The smallest absolute Gasteiger partial charge is 0.253 e. The van der Waals surface area contributed by atoms with Crippen LogP contribution in [-0.4, -0.2) is 65.5 Å². The van der Waals surface area contributed by atoms with E-state index in [1.807, 2.05) is 28.0 Å². The molecule has 200 valence electrons. The number of carbonyl (C=O) groups is 4. The molecule has 2 heterocycles. The predicted octanol–water partition coefficient (Wildman–Crippen LogP) is 4.33. The summed E-state index contributed by atoms with van der Waals surface area (Å²) >= 11 is 0. The monoisotopic (exact) mass is 515 g/mol. The maximum absolute atomic E-state index is 13.7. The van der Waals surface area contributed by atoms with Crippen LogP contribution in [-0.2, 0) is 4.79 Å². The van der Waals surface area contributed by atoms with Crippen LogP contribution in [0.5, 0.6) is 0 Å². The first-order valence-electron chi connectivity index (χ1n) is 13.9. The van der Waals surface area contributed by atoms with E-state index in [2.05, 4.69) is 5.32 Å². The molecule has 2 unspecified atom stereocenters. The van der Waals surface area contributed by atoms with Crippen LogP contribution < -0.4 is 5.32 Å². The summed E-state index contributed by atoms with van der Waals surface area (Å²) in [5, 5.41) is 3.15. The Labute approximate surface area is 224 Å². The summed E-state index contributed by atoms with van der Waals surface area (Å²) in [6.07, 6.45) is 6.40. The van der Waals surface area contributed by atoms with Gasteiger partial charge in [-0.25, -0.2) is 0 Å². The molecule has 2 aromatic carbocycles. The number of likely N-dealkylation sites (tertiary alicyclic amines) is 2. The third kappa shape index (κ3) is 5.52. The number of amides is 3. The lowest BCUT2D eigenvalue weighted by atomic mass is 9.77. The summed E-state index contributed by atoms with van der Waals surface area (Å²) in [6, 6.07) is 16.0. The first kappa shape index (κ1) is 26.1. The molecule has 1 spiro atoms. The zero-order chi connectivity index (χ0) is 26.7. The second-order valence-electron chi connectivity index (χ2n) is 11.3. The molecule has 3 aliphatic rings. The van der Waals surface area contributed by atoms with Gasteiger partial charge in [-0.2, -0.15) is 0 Å². The van der Waals surface area contributed by atoms with Crippen molar-refractivity contribution in [3.63, 3.8) is 0 Å². The second kappa shape index (κ2) is 11.1. The van der Waals surface area contributed by atoms with Crippen LogP contribution in [0.4, 0.5) is 0 Å². The molecule has 2 aliphatic heterocycles. The van der Waals surface area contributed by atoms with Crippen molar-refractivity contribution in [2.75, 3.05) is 26.2 Å². The quantitative estimate of drug-likeness (QED) is 0.601. The van der Waals surface area contributed by atoms with Gasteiger partial charge in [0.05, 0.1) is 5.92 Å². The molecule has 3 amide bonds. The molecule has 7 heteroatoms. The Morgan fingerprint density at radius 1 is 0.763 bits per heavy atom. The number of carbonyl (C=O) groups excluding carboxylic acids is 4. The molecule has 38 heavy (non-hydrogen) atoms. The van der Waals surface area contributed by atoms with Gasteiger partial charge in [0.1, 0.15) is 0 Å². The fourth-order valence-corrected chi connectivity index (χ4v) is 6.42. The topological polar surface area (TPSA) is 86.8 Å². The lowest BCUT2D eigenvalue weighted by Crippen LogP contribution is -2.50. The van der Waals surface area contributed by atoms with E-state index >= 15 is 0 Å². The molecule has 7 nitrogen and oxygen atoms in total. The molecule has 5 rings (SSSR count). The van der Waals surface area contributed by atoms with Crippen molar-refractivity contribution in [1.82, 2.24) is 15.1 Å². The minimum absolute atomic E-state index is 0.0000801. The highest BCUT2D eigenvalue weighted by atomic mass is 16.2. The van der Waals surface area contributed by atoms with Crippen LogP contribution >= 0.6 is 0 Å². The van der Waals surface area contributed by atoms with Gasteiger partial charge < -0.3 is 15.1 Å². The number of hydrogen-bond acceptors (Lipinski definition) is 4. The van der Waals surface area contributed by atoms with E-state index in [1.54, 1.807) is 36.4 Å². The van der Waals surface area contributed by atoms with E-state index in [0.717, 1.165) is 58.0 Å². The summed E-state index contributed by atoms with van der Waals surface area (Å²) in [5.41, 5.74) is 1.90. The van der Waals surface area contributed by atoms with Gasteiger partial charge in [0.2, 0.25) is 5.91 Å². The number of nitrogens with one attached hydrogen (secondary N) is 1. The summed E-state index contributed by atoms with van der Waals surface area (Å²) in [5.74, 6) is -0.126. The molecule has 1 aliphatic carbocycles.